The van der Waals surface area contributed by atoms with Crippen LogP contribution in [0.5, 0.6) is 0 Å². The van der Waals surface area contributed by atoms with Gasteiger partial charge in [0.05, 0.1) is 11.1 Å². The van der Waals surface area contributed by atoms with Gasteiger partial charge >= 0.3 is 12.0 Å². The number of urea groups is 1. The first kappa shape index (κ1) is 14.9. The number of thiazole rings is 1. The number of aromatic nitrogens is 1. The second-order valence-corrected chi connectivity index (χ2v) is 7.92. The summed E-state index contributed by atoms with van der Waals surface area (Å²) in [5.41, 5.74) is 0.356. The number of fused-ring (bicyclic) bond motifs is 1. The zero-order valence-electron chi connectivity index (χ0n) is 13.0. The molecular weight excluding hydrogens is 314 g/mol. The van der Waals surface area contributed by atoms with Crippen molar-refractivity contribution in [3.63, 3.8) is 0 Å². The molecule has 23 heavy (non-hydrogen) atoms. The van der Waals surface area contributed by atoms with Crippen LogP contribution in [-0.4, -0.2) is 40.1 Å². The van der Waals surface area contributed by atoms with Gasteiger partial charge in [0.2, 0.25) is 0 Å². The molecule has 4 rings (SSSR count). The normalized spacial score (nSPS) is 30.1. The zero-order chi connectivity index (χ0) is 16.0. The monoisotopic (exact) mass is 335 g/mol. The first-order chi connectivity index (χ1) is 11.1. The molecule has 2 N–H and O–H groups in total. The predicted octanol–water partition coefficient (Wildman–Crippen LogP) is 3.13. The summed E-state index contributed by atoms with van der Waals surface area (Å²) in [6.07, 6.45) is 6.16. The number of amides is 2. The lowest BCUT2D eigenvalue weighted by Gasteiger charge is -2.23. The fourth-order valence-corrected chi connectivity index (χ4v) is 4.98. The molecule has 124 valence electrons. The fraction of sp³-hybridized carbons (Fsp3) is 0.688. The van der Waals surface area contributed by atoms with Gasteiger partial charge in [-0.3, -0.25) is 10.1 Å². The smallest absolute Gasteiger partial charge is 0.323 e. The average molecular weight is 335 g/mol. The number of carboxylic acids is 1. The van der Waals surface area contributed by atoms with Crippen LogP contribution in [0.25, 0.3) is 0 Å². The summed E-state index contributed by atoms with van der Waals surface area (Å²) in [5.74, 6) is -0.109. The third kappa shape index (κ3) is 2.41. The number of aliphatic carboxylic acids is 1. The number of likely N-dealkylation sites (tertiary alicyclic amines) is 1. The Labute approximate surface area is 138 Å². The second-order valence-electron chi connectivity index (χ2n) is 7.07. The van der Waals surface area contributed by atoms with Crippen LogP contribution in [0.4, 0.5) is 9.93 Å². The molecule has 1 aromatic rings. The van der Waals surface area contributed by atoms with Crippen LogP contribution in [0.15, 0.2) is 5.38 Å². The van der Waals surface area contributed by atoms with Crippen LogP contribution in [0.3, 0.4) is 0 Å². The van der Waals surface area contributed by atoms with E-state index < -0.39 is 11.4 Å². The number of carbonyl (C=O) groups is 2. The summed E-state index contributed by atoms with van der Waals surface area (Å²) >= 11 is 1.45. The summed E-state index contributed by atoms with van der Waals surface area (Å²) in [4.78, 5) is 30.3. The largest absolute Gasteiger partial charge is 0.481 e. The Morgan fingerprint density at radius 3 is 2.83 bits per heavy atom. The van der Waals surface area contributed by atoms with Gasteiger partial charge in [0.25, 0.3) is 0 Å². The maximum absolute atomic E-state index is 12.5. The van der Waals surface area contributed by atoms with Crippen molar-refractivity contribution in [3.8, 4) is 0 Å². The predicted molar refractivity (Wildman–Crippen MR) is 86.7 cm³/mol. The van der Waals surface area contributed by atoms with Gasteiger partial charge in [-0.15, -0.1) is 11.3 Å². The maximum atomic E-state index is 12.5. The van der Waals surface area contributed by atoms with E-state index in [4.69, 9.17) is 0 Å². The summed E-state index contributed by atoms with van der Waals surface area (Å²) in [6.45, 7) is 0.860. The van der Waals surface area contributed by atoms with E-state index >= 15 is 0 Å². The van der Waals surface area contributed by atoms with Crippen LogP contribution in [0.2, 0.25) is 0 Å². The standard InChI is InChI=1S/C16H21N3O3S/c20-13(21)16-6-2-5-11(16)7-19(9-16)15(22)18-14-17-12(8-23-14)10-3-1-4-10/h8,10-11H,1-7,9H2,(H,20,21)(H,17,18,22)/t11-,16+/m0/s1. The molecule has 1 saturated heterocycles. The Balaban J connectivity index is 1.42. The summed E-state index contributed by atoms with van der Waals surface area (Å²) in [6, 6.07) is -0.213. The first-order valence-electron chi connectivity index (χ1n) is 8.33. The Bertz CT molecular complexity index is 642. The third-order valence-electron chi connectivity index (χ3n) is 5.84. The molecule has 2 amide bonds. The Kier molecular flexibility index (Phi) is 3.55. The molecule has 2 aliphatic carbocycles. The SMILES string of the molecule is O=C(Nc1nc(C2CCC2)cs1)N1C[C@@H]2CCC[C@@]2(C(=O)O)C1. The highest BCUT2D eigenvalue weighted by atomic mass is 32.1. The van der Waals surface area contributed by atoms with Crippen LogP contribution in [0.1, 0.15) is 50.1 Å². The van der Waals surface area contributed by atoms with Gasteiger partial charge in [-0.2, -0.15) is 0 Å². The number of rotatable bonds is 3. The molecule has 6 nitrogen and oxygen atoms in total. The molecule has 3 aliphatic rings. The average Bonchev–Trinajstić information content (AvgIpc) is 3.10. The maximum Gasteiger partial charge on any atom is 0.323 e. The summed E-state index contributed by atoms with van der Waals surface area (Å²) < 4.78 is 0. The molecule has 0 spiro atoms. The number of nitrogens with one attached hydrogen (secondary N) is 1. The minimum atomic E-state index is -0.753. The van der Waals surface area contributed by atoms with Crippen LogP contribution in [0, 0.1) is 11.3 Å². The van der Waals surface area contributed by atoms with Crippen molar-refractivity contribution in [3.05, 3.63) is 11.1 Å². The number of carbonyl (C=O) groups excluding carboxylic acids is 1. The molecular formula is C16H21N3O3S. The van der Waals surface area contributed by atoms with Gasteiger partial charge in [0.15, 0.2) is 5.13 Å². The van der Waals surface area contributed by atoms with Crippen molar-refractivity contribution in [2.75, 3.05) is 18.4 Å². The molecule has 2 saturated carbocycles. The fourth-order valence-electron chi connectivity index (χ4n) is 4.20. The van der Waals surface area contributed by atoms with E-state index in [9.17, 15) is 14.7 Å². The Morgan fingerprint density at radius 1 is 1.35 bits per heavy atom. The van der Waals surface area contributed by atoms with E-state index in [0.717, 1.165) is 18.5 Å². The lowest BCUT2D eigenvalue weighted by Crippen LogP contribution is -2.38. The van der Waals surface area contributed by atoms with Crippen LogP contribution in [-0.2, 0) is 4.79 Å². The number of hydrogen-bond donors (Lipinski definition) is 2. The van der Waals surface area contributed by atoms with Crippen molar-refractivity contribution >= 4 is 28.5 Å². The number of nitrogens with zero attached hydrogens (tertiary/aromatic N) is 2. The molecule has 2 heterocycles. The quantitative estimate of drug-likeness (QED) is 0.889. The van der Waals surface area contributed by atoms with Gasteiger partial charge in [-0.1, -0.05) is 12.8 Å². The molecule has 3 fully saturated rings. The van der Waals surface area contributed by atoms with Gasteiger partial charge in [0, 0.05) is 24.4 Å². The van der Waals surface area contributed by atoms with Gasteiger partial charge in [0.1, 0.15) is 0 Å². The molecule has 0 bridgehead atoms. The van der Waals surface area contributed by atoms with Crippen molar-refractivity contribution in [2.24, 2.45) is 11.3 Å². The summed E-state index contributed by atoms with van der Waals surface area (Å²) in [7, 11) is 0. The van der Waals surface area contributed by atoms with Gasteiger partial charge in [-0.25, -0.2) is 9.78 Å². The lowest BCUT2D eigenvalue weighted by atomic mass is 9.81. The molecule has 0 unspecified atom stereocenters. The van der Waals surface area contributed by atoms with E-state index in [-0.39, 0.29) is 11.9 Å². The van der Waals surface area contributed by atoms with Crippen LogP contribution >= 0.6 is 11.3 Å². The molecule has 2 atom stereocenters. The van der Waals surface area contributed by atoms with Crippen molar-refractivity contribution in [2.45, 2.75) is 44.4 Å². The van der Waals surface area contributed by atoms with E-state index in [2.05, 4.69) is 10.3 Å². The van der Waals surface area contributed by atoms with Gasteiger partial charge in [-0.05, 0) is 31.6 Å². The first-order valence-corrected chi connectivity index (χ1v) is 9.21. The molecule has 0 radical (unpaired) electrons. The second kappa shape index (κ2) is 5.47. The highest BCUT2D eigenvalue weighted by molar-refractivity contribution is 7.13. The van der Waals surface area contributed by atoms with E-state index in [1.165, 1.54) is 30.6 Å². The van der Waals surface area contributed by atoms with Crippen molar-refractivity contribution < 1.29 is 14.7 Å². The number of anilines is 1. The third-order valence-corrected chi connectivity index (χ3v) is 6.62. The minimum Gasteiger partial charge on any atom is -0.481 e. The summed E-state index contributed by atoms with van der Waals surface area (Å²) in [5, 5.41) is 15.1. The van der Waals surface area contributed by atoms with E-state index in [0.29, 0.717) is 30.6 Å². The van der Waals surface area contributed by atoms with Crippen molar-refractivity contribution in [1.82, 2.24) is 9.88 Å². The Morgan fingerprint density at radius 2 is 2.17 bits per heavy atom. The Hall–Kier alpha value is -1.63. The number of hydrogen-bond acceptors (Lipinski definition) is 4. The van der Waals surface area contributed by atoms with E-state index in [1.807, 2.05) is 5.38 Å². The molecule has 1 aromatic heterocycles. The van der Waals surface area contributed by atoms with E-state index in [1.54, 1.807) is 4.90 Å². The van der Waals surface area contributed by atoms with Crippen molar-refractivity contribution in [1.29, 1.82) is 0 Å². The highest BCUT2D eigenvalue weighted by Crippen LogP contribution is 2.49. The topological polar surface area (TPSA) is 82.5 Å². The number of carboxylic acid groups (broad SMARTS) is 1. The zero-order valence-corrected chi connectivity index (χ0v) is 13.8. The molecule has 0 aromatic carbocycles. The molecule has 1 aliphatic heterocycles. The lowest BCUT2D eigenvalue weighted by molar-refractivity contribution is -0.149. The minimum absolute atomic E-state index is 0.0904. The highest BCUT2D eigenvalue weighted by Gasteiger charge is 2.55. The molecule has 7 heteroatoms. The van der Waals surface area contributed by atoms with Crippen LogP contribution < -0.4 is 5.32 Å². The van der Waals surface area contributed by atoms with Gasteiger partial charge < -0.3 is 10.0 Å².